The topological polar surface area (TPSA) is 384 Å². The number of H-pyrrole nitrogens is 1. The fourth-order valence-corrected chi connectivity index (χ4v) is 8.75. The van der Waals surface area contributed by atoms with Crippen LogP contribution in [-0.2, 0) is 62.2 Å². The van der Waals surface area contributed by atoms with Crippen LogP contribution in [-0.4, -0.2) is 188 Å². The van der Waals surface area contributed by atoms with Crippen LogP contribution in [0.3, 0.4) is 0 Å². The van der Waals surface area contributed by atoms with Gasteiger partial charge < -0.3 is 59.9 Å². The van der Waals surface area contributed by atoms with E-state index in [2.05, 4.69) is 11.1 Å². The molecule has 69 heavy (non-hydrogen) atoms. The van der Waals surface area contributed by atoms with Crippen molar-refractivity contribution in [2.75, 3.05) is 27.2 Å². The first-order chi connectivity index (χ1) is 32.5. The van der Waals surface area contributed by atoms with Crippen molar-refractivity contribution in [3.05, 3.63) is 57.4 Å². The Balaban J connectivity index is 1.68. The number of likely N-dealkylation sites (N-methyl/N-ethyl adjacent to an activating group) is 2. The summed E-state index contributed by atoms with van der Waals surface area (Å²) >= 11 is 0. The van der Waals surface area contributed by atoms with Gasteiger partial charge in [-0.05, 0) is 32.2 Å². The zero-order valence-electron chi connectivity index (χ0n) is 38.5. The highest BCUT2D eigenvalue weighted by Gasteiger charge is 2.58. The maximum absolute atomic E-state index is 14.6. The number of hydrogen-bond donors (Lipinski definition) is 8. The minimum absolute atomic E-state index is 0.00276. The van der Waals surface area contributed by atoms with Crippen LogP contribution >= 0.6 is 0 Å². The number of carboxylic acid groups (broad SMARTS) is 2. The number of esters is 2. The molecule has 1 amide bonds. The minimum atomic E-state index is -5.37. The van der Waals surface area contributed by atoms with Gasteiger partial charge in [-0.15, -0.1) is 0 Å². The second-order valence-electron chi connectivity index (χ2n) is 17.1. The number of carbonyl (C=O) groups is 5. The van der Waals surface area contributed by atoms with Gasteiger partial charge in [0, 0.05) is 51.7 Å². The number of unbranched alkanes of at least 4 members (excludes halogenated alkanes) is 3. The number of aromatic nitrogens is 2. The van der Waals surface area contributed by atoms with E-state index in [1.807, 2.05) is 17.1 Å². The number of nitrogens with two attached hydrogens (primary N) is 1. The normalized spacial score (nSPS) is 29.3. The number of aliphatic carboxylic acids is 2. The van der Waals surface area contributed by atoms with Crippen molar-refractivity contribution in [2.45, 2.75) is 151 Å². The maximum Gasteiger partial charge on any atom is 0.397 e. The summed E-state index contributed by atoms with van der Waals surface area (Å²) in [5.41, 5.74) is 3.77. The molecule has 3 fully saturated rings. The van der Waals surface area contributed by atoms with Crippen molar-refractivity contribution in [2.24, 2.45) is 11.7 Å². The number of rotatable bonds is 25. The van der Waals surface area contributed by atoms with Crippen LogP contribution in [0.15, 0.2) is 46.2 Å². The molecule has 0 radical (unpaired) electrons. The van der Waals surface area contributed by atoms with Crippen molar-refractivity contribution in [1.82, 2.24) is 19.4 Å². The molecule has 9 N–H and O–H groups in total. The molecule has 388 valence electrons. The van der Waals surface area contributed by atoms with Gasteiger partial charge in [-0.2, -0.15) is 8.42 Å². The number of aliphatic hydroxyl groups is 3. The Morgan fingerprint density at radius 2 is 1.65 bits per heavy atom. The molecule has 4 heterocycles. The fourth-order valence-electron chi connectivity index (χ4n) is 8.26. The van der Waals surface area contributed by atoms with Gasteiger partial charge in [0.05, 0.1) is 6.42 Å². The number of carboxylic acids is 2. The Kier molecular flexibility index (Phi) is 21.2. The van der Waals surface area contributed by atoms with Crippen LogP contribution < -0.4 is 17.0 Å². The molecular formula is C42H63N5O21S. The summed E-state index contributed by atoms with van der Waals surface area (Å²) < 4.78 is 67.8. The molecule has 0 bridgehead atoms. The number of amides is 1. The van der Waals surface area contributed by atoms with Crippen LogP contribution in [0.4, 0.5) is 0 Å². The highest BCUT2D eigenvalue weighted by molar-refractivity contribution is 7.80. The number of hydrogen-bond acceptors (Lipinski definition) is 20. The van der Waals surface area contributed by atoms with E-state index in [1.54, 1.807) is 12.2 Å². The second kappa shape index (κ2) is 25.8. The van der Waals surface area contributed by atoms with E-state index >= 15 is 0 Å². The maximum atomic E-state index is 14.6. The van der Waals surface area contributed by atoms with Crippen LogP contribution in [0.2, 0.25) is 0 Å². The van der Waals surface area contributed by atoms with E-state index in [0.717, 1.165) is 49.9 Å². The largest absolute Gasteiger partial charge is 0.481 e. The van der Waals surface area contributed by atoms with E-state index in [4.69, 9.17) is 34.5 Å². The van der Waals surface area contributed by atoms with Crippen LogP contribution in [0.1, 0.15) is 77.9 Å². The molecule has 0 spiro atoms. The highest BCUT2D eigenvalue weighted by Crippen LogP contribution is 2.37. The summed E-state index contributed by atoms with van der Waals surface area (Å²) in [4.78, 5) is 93.9. The van der Waals surface area contributed by atoms with Gasteiger partial charge in [-0.25, -0.2) is 13.8 Å². The number of carbonyl (C=O) groups excluding carboxylic acids is 3. The molecule has 1 aromatic heterocycles. The summed E-state index contributed by atoms with van der Waals surface area (Å²) in [6, 6.07) is -2.92. The molecule has 3 aliphatic heterocycles. The molecular weight excluding hydrogens is 943 g/mol. The van der Waals surface area contributed by atoms with E-state index in [-0.39, 0.29) is 19.3 Å². The Morgan fingerprint density at radius 1 is 0.957 bits per heavy atom. The number of nitrogens with zero attached hydrogens (tertiary/aromatic N) is 3. The van der Waals surface area contributed by atoms with Crippen molar-refractivity contribution in [1.29, 1.82) is 0 Å². The Morgan fingerprint density at radius 3 is 2.28 bits per heavy atom. The lowest BCUT2D eigenvalue weighted by Gasteiger charge is -2.38. The third-order valence-corrected chi connectivity index (χ3v) is 12.1. The van der Waals surface area contributed by atoms with Crippen LogP contribution in [0.5, 0.6) is 0 Å². The van der Waals surface area contributed by atoms with Gasteiger partial charge in [-0.1, -0.05) is 51.0 Å². The van der Waals surface area contributed by atoms with Gasteiger partial charge in [0.25, 0.3) is 5.56 Å². The average Bonchev–Trinajstić information content (AvgIpc) is 3.67. The monoisotopic (exact) mass is 1010 g/mol. The zero-order chi connectivity index (χ0) is 51.3. The third-order valence-electron chi connectivity index (χ3n) is 11.6. The lowest BCUT2D eigenvalue weighted by molar-refractivity contribution is -0.230. The number of ether oxygens (including phenoxy) is 5. The SMILES string of the molecule is CCCCC/C=C\C/C=C\C[C@@H](CC(=O)O[C@H]1CN(C)[C@H]([C@H](O[C@@H]2O[C@H](CN)[C@@H](O)[C@H]2OS(=O)(=O)O)[C@H]2O[C@@H](n3ccc(=O)[nH]c3=O)[C@H](O)[C@@H]2O)C(=O)N(C)[C@@H]1C(=O)O)OC(=O)C[C@H](C)CC(=O)O. The molecule has 0 aliphatic carbocycles. The molecule has 0 aromatic carbocycles. The molecule has 4 rings (SSSR count). The Labute approximate surface area is 396 Å². The van der Waals surface area contributed by atoms with E-state index in [1.165, 1.54) is 14.0 Å². The third kappa shape index (κ3) is 15.8. The molecule has 0 unspecified atom stereocenters. The van der Waals surface area contributed by atoms with Gasteiger partial charge in [0.15, 0.2) is 24.7 Å². The molecule has 14 atom stereocenters. The van der Waals surface area contributed by atoms with Crippen molar-refractivity contribution < 1.29 is 90.3 Å². The van der Waals surface area contributed by atoms with Gasteiger partial charge in [0.1, 0.15) is 54.9 Å². The standard InChI is InChI=1S/C42H63N5O21S/c1-5-6-7-8-9-10-11-12-13-14-23(63-28(51)18-22(2)17-27(49)50)19-29(52)64-25-21-45(3)31(38(56)46(4)30(25)40(57)58)35(67-41-37(68-69(60,61)62)32(53)24(20-43)65-41)36-33(54)34(55)39(66-36)47-16-15-26(48)44-42(47)59/h9-10,12-13,15-16,22-25,30-37,39,41,53-55H,5-8,11,14,17-21,43H2,1-4H3,(H,49,50)(H,57,58)(H,44,48,59)(H,60,61,62)/b10-9-,13-12-/t22-,23+,24-,25+,30+,31-,32-,33+,34-,35+,36+,37-,39-,41+/m1/s1. The quantitative estimate of drug-likeness (QED) is 0.0231. The Hall–Kier alpha value is -4.94. The molecule has 3 aliphatic rings. The number of aromatic amines is 1. The first-order valence-corrected chi connectivity index (χ1v) is 23.6. The molecule has 1 aromatic rings. The highest BCUT2D eigenvalue weighted by atomic mass is 32.3. The van der Waals surface area contributed by atoms with Gasteiger partial charge in [-0.3, -0.25) is 43.0 Å². The molecule has 3 saturated heterocycles. The van der Waals surface area contributed by atoms with Crippen LogP contribution in [0.25, 0.3) is 0 Å². The number of aliphatic hydroxyl groups excluding tert-OH is 3. The first kappa shape index (κ1) is 56.6. The van der Waals surface area contributed by atoms with E-state index < -0.39 is 156 Å². The lowest BCUT2D eigenvalue weighted by atomic mass is 9.97. The summed E-state index contributed by atoms with van der Waals surface area (Å²) in [6.07, 6.45) is -8.58. The smallest absolute Gasteiger partial charge is 0.397 e. The fraction of sp³-hybridized carbons (Fsp3) is 0.690. The van der Waals surface area contributed by atoms with Gasteiger partial charge in [0.2, 0.25) is 5.91 Å². The summed E-state index contributed by atoms with van der Waals surface area (Å²) in [5, 5.41) is 53.3. The molecule has 0 saturated carbocycles. The van der Waals surface area contributed by atoms with Crippen molar-refractivity contribution >= 4 is 40.2 Å². The van der Waals surface area contributed by atoms with Crippen molar-refractivity contribution in [3.8, 4) is 0 Å². The average molecular weight is 1010 g/mol. The second-order valence-corrected chi connectivity index (χ2v) is 18.2. The number of nitrogens with one attached hydrogen (secondary N) is 1. The zero-order valence-corrected chi connectivity index (χ0v) is 39.3. The predicted octanol–water partition coefficient (Wildman–Crippen LogP) is -1.81. The summed E-state index contributed by atoms with van der Waals surface area (Å²) in [5.74, 6) is -6.44. The summed E-state index contributed by atoms with van der Waals surface area (Å²) in [7, 11) is -3.10. The minimum Gasteiger partial charge on any atom is -0.481 e. The lowest BCUT2D eigenvalue weighted by Crippen LogP contribution is -2.60. The molecule has 27 heteroatoms. The van der Waals surface area contributed by atoms with Crippen molar-refractivity contribution in [3.63, 3.8) is 0 Å². The van der Waals surface area contributed by atoms with Gasteiger partial charge >= 0.3 is 40.0 Å². The first-order valence-electron chi connectivity index (χ1n) is 22.3. The van der Waals surface area contributed by atoms with E-state index in [0.29, 0.717) is 15.9 Å². The van der Waals surface area contributed by atoms with Crippen LogP contribution in [0, 0.1) is 5.92 Å². The predicted molar refractivity (Wildman–Crippen MR) is 235 cm³/mol. The number of allylic oxidation sites excluding steroid dienone is 3. The molecule has 26 nitrogen and oxygen atoms in total. The van der Waals surface area contributed by atoms with E-state index in [9.17, 15) is 67.0 Å². The summed E-state index contributed by atoms with van der Waals surface area (Å²) in [6.45, 7) is 2.52. The Bertz CT molecular complexity index is 2220.